The van der Waals surface area contributed by atoms with E-state index in [1.54, 1.807) is 5.57 Å². The lowest BCUT2D eigenvalue weighted by atomic mass is 9.35. The molecule has 0 saturated heterocycles. The number of Topliss-reactive ketones (excluding diaryl/α,β-unsaturated/α-hetero) is 1. The first-order chi connectivity index (χ1) is 14.8. The average molecular weight is 439 g/mol. The largest absolute Gasteiger partial charge is 0.303 e. The number of aldehydes is 1. The lowest BCUT2D eigenvalue weighted by Crippen LogP contribution is -2.62. The molecule has 4 saturated carbocycles. The van der Waals surface area contributed by atoms with Gasteiger partial charge in [-0.05, 0) is 97.2 Å². The van der Waals surface area contributed by atoms with Crippen LogP contribution in [0.4, 0.5) is 0 Å². The number of ketones is 1. The molecular weight excluding hydrogens is 392 g/mol. The van der Waals surface area contributed by atoms with E-state index in [0.717, 1.165) is 25.7 Å². The van der Waals surface area contributed by atoms with E-state index in [-0.39, 0.29) is 27.1 Å². The fraction of sp³-hybridized carbons (Fsp3) is 0.867. The predicted octanol–water partition coefficient (Wildman–Crippen LogP) is 7.56. The van der Waals surface area contributed by atoms with Crippen LogP contribution < -0.4 is 0 Å². The number of rotatable bonds is 1. The smallest absolute Gasteiger partial charge is 0.138 e. The Hall–Kier alpha value is -0.920. The summed E-state index contributed by atoms with van der Waals surface area (Å²) in [5.74, 6) is 2.28. The Morgan fingerprint density at radius 1 is 0.812 bits per heavy atom. The highest BCUT2D eigenvalue weighted by atomic mass is 16.1. The Labute approximate surface area is 196 Å². The number of hydrogen-bond acceptors (Lipinski definition) is 2. The van der Waals surface area contributed by atoms with Crippen molar-refractivity contribution in [2.45, 2.75) is 113 Å². The molecule has 4 fully saturated rings. The fourth-order valence-electron chi connectivity index (χ4n) is 10.6. The topological polar surface area (TPSA) is 34.1 Å². The van der Waals surface area contributed by atoms with E-state index >= 15 is 0 Å². The van der Waals surface area contributed by atoms with Gasteiger partial charge in [-0.2, -0.15) is 0 Å². The maximum Gasteiger partial charge on any atom is 0.138 e. The SMILES string of the molecule is CC1(C=O)CCC2(C)CC=C3C(C)(CCC4C3(C)CCC3C(C)(C)C(=O)CCC34C)C2C1. The Kier molecular flexibility index (Phi) is 4.71. The molecule has 0 aromatic carbocycles. The molecule has 2 heteroatoms. The molecule has 0 heterocycles. The van der Waals surface area contributed by atoms with Crippen LogP contribution in [0, 0.1) is 50.2 Å². The van der Waals surface area contributed by atoms with Crippen molar-refractivity contribution >= 4 is 12.1 Å². The zero-order chi connectivity index (χ0) is 23.4. The maximum atomic E-state index is 12.9. The molecule has 2 nitrogen and oxygen atoms in total. The number of carbonyl (C=O) groups excluding carboxylic acids is 2. The van der Waals surface area contributed by atoms with Crippen molar-refractivity contribution in [1.82, 2.24) is 0 Å². The summed E-state index contributed by atoms with van der Waals surface area (Å²) in [6.07, 6.45) is 15.2. The Bertz CT molecular complexity index is 883. The highest BCUT2D eigenvalue weighted by Gasteiger charge is 2.67. The summed E-state index contributed by atoms with van der Waals surface area (Å²) in [6, 6.07) is 0. The minimum Gasteiger partial charge on any atom is -0.303 e. The van der Waals surface area contributed by atoms with Crippen LogP contribution in [0.15, 0.2) is 11.6 Å². The number of fused-ring (bicyclic) bond motifs is 7. The van der Waals surface area contributed by atoms with Crippen LogP contribution in [0.1, 0.15) is 113 Å². The first-order valence-corrected chi connectivity index (χ1v) is 13.5. The Morgan fingerprint density at radius 2 is 1.44 bits per heavy atom. The van der Waals surface area contributed by atoms with Crippen LogP contribution in [-0.2, 0) is 9.59 Å². The summed E-state index contributed by atoms with van der Waals surface area (Å²) in [4.78, 5) is 24.9. The van der Waals surface area contributed by atoms with E-state index in [1.807, 2.05) is 0 Å². The molecular formula is C30H46O2. The van der Waals surface area contributed by atoms with Crippen LogP contribution in [0.5, 0.6) is 0 Å². The van der Waals surface area contributed by atoms with Gasteiger partial charge < -0.3 is 4.79 Å². The molecule has 8 unspecified atom stereocenters. The van der Waals surface area contributed by atoms with Gasteiger partial charge in [0, 0.05) is 17.3 Å². The van der Waals surface area contributed by atoms with Gasteiger partial charge >= 0.3 is 0 Å². The van der Waals surface area contributed by atoms with Crippen molar-refractivity contribution < 1.29 is 9.59 Å². The Morgan fingerprint density at radius 3 is 2.09 bits per heavy atom. The zero-order valence-corrected chi connectivity index (χ0v) is 21.8. The van der Waals surface area contributed by atoms with Gasteiger partial charge in [0.05, 0.1) is 0 Å². The van der Waals surface area contributed by atoms with Gasteiger partial charge in [0.1, 0.15) is 12.1 Å². The minimum atomic E-state index is -0.177. The number of allylic oxidation sites excluding steroid dienone is 2. The highest BCUT2D eigenvalue weighted by Crippen LogP contribution is 2.74. The average Bonchev–Trinajstić information content (AvgIpc) is 2.72. The molecule has 0 aromatic heterocycles. The third-order valence-electron chi connectivity index (χ3n) is 12.6. The molecule has 0 amide bonds. The standard InChI is InChI=1S/C30H46O2/c1-25(2)20-9-13-29(6)21-8-12-27(4)17-16-26(3,19-31)18-23(27)30(21,7)14-10-22(29)28(20,5)15-11-24(25)32/h8,19-20,22-23H,9-18H2,1-7H3. The summed E-state index contributed by atoms with van der Waals surface area (Å²) in [5.41, 5.74) is 2.47. The molecule has 0 aromatic rings. The van der Waals surface area contributed by atoms with Crippen molar-refractivity contribution in [3.8, 4) is 0 Å². The zero-order valence-electron chi connectivity index (χ0n) is 21.8. The second kappa shape index (κ2) is 6.60. The van der Waals surface area contributed by atoms with Crippen LogP contribution in [0.2, 0.25) is 0 Å². The quantitative estimate of drug-likeness (QED) is 0.313. The maximum absolute atomic E-state index is 12.9. The van der Waals surface area contributed by atoms with Crippen molar-refractivity contribution in [3.63, 3.8) is 0 Å². The molecule has 0 radical (unpaired) electrons. The fourth-order valence-corrected chi connectivity index (χ4v) is 10.6. The highest BCUT2D eigenvalue weighted by molar-refractivity contribution is 5.85. The molecule has 32 heavy (non-hydrogen) atoms. The lowest BCUT2D eigenvalue weighted by molar-refractivity contribution is -0.169. The van der Waals surface area contributed by atoms with Crippen LogP contribution in [-0.4, -0.2) is 12.1 Å². The van der Waals surface area contributed by atoms with Gasteiger partial charge in [-0.3, -0.25) is 4.79 Å². The second-order valence-corrected chi connectivity index (χ2v) is 14.7. The van der Waals surface area contributed by atoms with Gasteiger partial charge in [0.15, 0.2) is 0 Å². The van der Waals surface area contributed by atoms with Gasteiger partial charge in [0.25, 0.3) is 0 Å². The predicted molar refractivity (Wildman–Crippen MR) is 130 cm³/mol. The van der Waals surface area contributed by atoms with Gasteiger partial charge in [0.2, 0.25) is 0 Å². The number of hydrogen-bond donors (Lipinski definition) is 0. The number of carbonyl (C=O) groups is 2. The first kappa shape index (κ1) is 22.9. The molecule has 0 aliphatic heterocycles. The molecule has 8 atom stereocenters. The summed E-state index contributed by atoms with van der Waals surface area (Å²) < 4.78 is 0. The monoisotopic (exact) mass is 438 g/mol. The molecule has 178 valence electrons. The molecule has 0 spiro atoms. The van der Waals surface area contributed by atoms with Gasteiger partial charge in [-0.25, -0.2) is 0 Å². The molecule has 5 rings (SSSR count). The van der Waals surface area contributed by atoms with E-state index in [2.05, 4.69) is 54.5 Å². The van der Waals surface area contributed by atoms with E-state index in [0.29, 0.717) is 29.0 Å². The van der Waals surface area contributed by atoms with Gasteiger partial charge in [-0.1, -0.05) is 60.1 Å². The second-order valence-electron chi connectivity index (χ2n) is 14.7. The van der Waals surface area contributed by atoms with Crippen LogP contribution in [0.3, 0.4) is 0 Å². The first-order valence-electron chi connectivity index (χ1n) is 13.5. The molecule has 5 aliphatic carbocycles. The van der Waals surface area contributed by atoms with E-state index in [9.17, 15) is 9.59 Å². The van der Waals surface area contributed by atoms with Gasteiger partial charge in [-0.15, -0.1) is 0 Å². The lowest BCUT2D eigenvalue weighted by Gasteiger charge is -2.69. The minimum absolute atomic E-state index is 0.148. The molecule has 0 bridgehead atoms. The van der Waals surface area contributed by atoms with Crippen molar-refractivity contribution in [2.75, 3.05) is 0 Å². The van der Waals surface area contributed by atoms with Crippen molar-refractivity contribution in [3.05, 3.63) is 11.6 Å². The van der Waals surface area contributed by atoms with Crippen molar-refractivity contribution in [2.24, 2.45) is 50.2 Å². The van der Waals surface area contributed by atoms with E-state index in [4.69, 9.17) is 0 Å². The van der Waals surface area contributed by atoms with Crippen LogP contribution in [0.25, 0.3) is 0 Å². The summed E-state index contributed by atoms with van der Waals surface area (Å²) >= 11 is 0. The third kappa shape index (κ3) is 2.70. The van der Waals surface area contributed by atoms with E-state index < -0.39 is 0 Å². The van der Waals surface area contributed by atoms with Crippen LogP contribution >= 0.6 is 0 Å². The molecule has 5 aliphatic rings. The molecule has 0 N–H and O–H groups in total. The third-order valence-corrected chi connectivity index (χ3v) is 12.6. The van der Waals surface area contributed by atoms with E-state index in [1.165, 1.54) is 44.8 Å². The van der Waals surface area contributed by atoms with Crippen molar-refractivity contribution in [1.29, 1.82) is 0 Å². The summed E-state index contributed by atoms with van der Waals surface area (Å²) in [5, 5.41) is 0. The Balaban J connectivity index is 1.56. The normalized spacial score (nSPS) is 54.4. The summed E-state index contributed by atoms with van der Waals surface area (Å²) in [7, 11) is 0. The summed E-state index contributed by atoms with van der Waals surface area (Å²) in [6.45, 7) is 16.9.